The second-order valence-electron chi connectivity index (χ2n) is 9.78. The Kier molecular flexibility index (Phi) is 17.0. The van der Waals surface area contributed by atoms with Gasteiger partial charge in [-0.2, -0.15) is 4.89 Å². The number of alkyl carbamates (subject to hydrolysis) is 1. The molecule has 2 aliphatic rings. The number of nitrogens with zero attached hydrogens (tertiary/aromatic N) is 1. The van der Waals surface area contributed by atoms with Gasteiger partial charge in [-0.05, 0) is 56.4 Å². The topological polar surface area (TPSA) is 149 Å². The van der Waals surface area contributed by atoms with Crippen molar-refractivity contribution >= 4 is 24.2 Å². The van der Waals surface area contributed by atoms with Gasteiger partial charge in [0.25, 0.3) is 0 Å². The zero-order chi connectivity index (χ0) is 30.6. The van der Waals surface area contributed by atoms with E-state index < -0.39 is 36.5 Å². The first-order chi connectivity index (χ1) is 20.4. The van der Waals surface area contributed by atoms with E-state index in [0.717, 1.165) is 18.9 Å². The number of ketones is 1. The second kappa shape index (κ2) is 20.5. The Labute approximate surface area is 246 Å². The van der Waals surface area contributed by atoms with Crippen LogP contribution in [0.4, 0.5) is 4.79 Å². The van der Waals surface area contributed by atoms with Crippen LogP contribution in [0.15, 0.2) is 55.6 Å². The molecule has 13 heteroatoms. The van der Waals surface area contributed by atoms with Crippen LogP contribution in [0.5, 0.6) is 0 Å². The van der Waals surface area contributed by atoms with Crippen LogP contribution in [0.3, 0.4) is 0 Å². The molecular weight excluding hydrogens is 552 g/mol. The van der Waals surface area contributed by atoms with Crippen molar-refractivity contribution in [1.29, 1.82) is 0 Å². The number of amides is 1. The van der Waals surface area contributed by atoms with E-state index in [1.54, 1.807) is 12.2 Å². The average Bonchev–Trinajstić information content (AvgIpc) is 2.99. The average molecular weight is 595 g/mol. The predicted molar refractivity (Wildman–Crippen MR) is 150 cm³/mol. The molecule has 2 fully saturated rings. The summed E-state index contributed by atoms with van der Waals surface area (Å²) in [7, 11) is 0. The minimum atomic E-state index is -0.753. The highest BCUT2D eigenvalue weighted by atomic mass is 17.2. The quantitative estimate of drug-likeness (QED) is 0.0320. The maximum absolute atomic E-state index is 12.4. The van der Waals surface area contributed by atoms with Crippen molar-refractivity contribution < 1.29 is 53.2 Å². The minimum Gasteiger partial charge on any atom is -0.455 e. The van der Waals surface area contributed by atoms with Crippen molar-refractivity contribution in [2.24, 2.45) is 16.8 Å². The van der Waals surface area contributed by atoms with Crippen LogP contribution >= 0.6 is 0 Å². The molecule has 0 radical (unpaired) electrons. The van der Waals surface area contributed by atoms with E-state index in [1.165, 1.54) is 6.08 Å². The predicted octanol–water partition coefficient (Wildman–Crippen LogP) is 3.86. The van der Waals surface area contributed by atoms with Crippen LogP contribution in [-0.2, 0) is 48.4 Å². The summed E-state index contributed by atoms with van der Waals surface area (Å²) >= 11 is 0. The number of esters is 1. The largest absolute Gasteiger partial charge is 0.455 e. The van der Waals surface area contributed by atoms with Gasteiger partial charge in [0.05, 0.1) is 6.61 Å². The molecule has 1 amide bonds. The maximum Gasteiger partial charge on any atom is 0.409 e. The Morgan fingerprint density at radius 2 is 1.48 bits per heavy atom. The van der Waals surface area contributed by atoms with Crippen molar-refractivity contribution in [3.63, 3.8) is 0 Å². The van der Waals surface area contributed by atoms with Gasteiger partial charge in [-0.1, -0.05) is 25.3 Å². The summed E-state index contributed by atoms with van der Waals surface area (Å²) in [5.74, 6) is -0.534. The van der Waals surface area contributed by atoms with Gasteiger partial charge in [-0.25, -0.2) is 34.1 Å². The van der Waals surface area contributed by atoms with E-state index in [0.29, 0.717) is 38.5 Å². The Morgan fingerprint density at radius 3 is 2.21 bits per heavy atom. The first-order valence-corrected chi connectivity index (χ1v) is 13.9. The van der Waals surface area contributed by atoms with E-state index in [1.807, 2.05) is 0 Å². The number of nitrogens with one attached hydrogen (secondary N) is 1. The van der Waals surface area contributed by atoms with Gasteiger partial charge < -0.3 is 19.7 Å². The molecule has 2 saturated carbocycles. The number of carbonyl (C=O) groups is 3. The molecule has 0 heterocycles. The highest BCUT2D eigenvalue weighted by Crippen LogP contribution is 2.32. The van der Waals surface area contributed by atoms with E-state index in [2.05, 4.69) is 36.6 Å². The number of carbonyl (C=O) groups excluding carboxylic acids is 3. The summed E-state index contributed by atoms with van der Waals surface area (Å²) in [6.07, 6.45) is 7.30. The van der Waals surface area contributed by atoms with Crippen LogP contribution in [0.2, 0.25) is 0 Å². The van der Waals surface area contributed by atoms with Crippen molar-refractivity contribution in [3.8, 4) is 0 Å². The standard InChI is InChI=1S/C29H42N2O11/c1-5-13-35-37-18-22-10-11-24(39-28(33)8-4)26(17-22)40-29(34)31-19-30-20-38-42-27-16-21(15-23(32)7-3)9-12-25(27)41-36-14-6-2/h5-8,20-22,24-27H,1-4,9-19H2,(H,31,34). The van der Waals surface area contributed by atoms with Gasteiger partial charge >= 0.3 is 12.1 Å². The lowest BCUT2D eigenvalue weighted by Gasteiger charge is -2.34. The third-order valence-electron chi connectivity index (χ3n) is 6.65. The first kappa shape index (κ1) is 34.8. The molecule has 2 aliphatic carbocycles. The lowest BCUT2D eigenvalue weighted by atomic mass is 9.82. The Balaban J connectivity index is 1.81. The van der Waals surface area contributed by atoms with Crippen LogP contribution in [-0.4, -0.2) is 75.2 Å². The van der Waals surface area contributed by atoms with Crippen LogP contribution in [0, 0.1) is 11.8 Å². The molecule has 13 nitrogen and oxygen atoms in total. The maximum atomic E-state index is 12.4. The van der Waals surface area contributed by atoms with E-state index in [4.69, 9.17) is 38.8 Å². The highest BCUT2D eigenvalue weighted by molar-refractivity contribution is 5.89. The number of ether oxygens (including phenoxy) is 2. The summed E-state index contributed by atoms with van der Waals surface area (Å²) in [6, 6.07) is 0. The summed E-state index contributed by atoms with van der Waals surface area (Å²) in [5, 5.41) is 2.49. The molecular formula is C29H42N2O11. The lowest BCUT2D eigenvalue weighted by Crippen LogP contribution is -2.43. The van der Waals surface area contributed by atoms with Crippen LogP contribution < -0.4 is 5.32 Å². The molecule has 6 atom stereocenters. The summed E-state index contributed by atoms with van der Waals surface area (Å²) in [4.78, 5) is 71.2. The fraction of sp³-hybridized carbons (Fsp3) is 0.586. The van der Waals surface area contributed by atoms with Crippen molar-refractivity contribution in [1.82, 2.24) is 5.32 Å². The van der Waals surface area contributed by atoms with Crippen LogP contribution in [0.25, 0.3) is 0 Å². The SMILES string of the molecule is C=CCOOCC1CCC(OC(=O)C=C)C(OC(=O)NCN=COOC2CC(CC(=O)C=C)CCC2OOCC=C)C1. The molecule has 0 aromatic carbocycles. The molecule has 42 heavy (non-hydrogen) atoms. The van der Waals surface area contributed by atoms with Crippen LogP contribution in [0.1, 0.15) is 44.9 Å². The summed E-state index contributed by atoms with van der Waals surface area (Å²) < 4.78 is 10.9. The minimum absolute atomic E-state index is 0.0270. The summed E-state index contributed by atoms with van der Waals surface area (Å²) in [6.45, 7) is 14.6. The zero-order valence-corrected chi connectivity index (χ0v) is 23.9. The first-order valence-electron chi connectivity index (χ1n) is 13.9. The molecule has 1 N–H and O–H groups in total. The Bertz CT molecular complexity index is 925. The second-order valence-corrected chi connectivity index (χ2v) is 9.78. The van der Waals surface area contributed by atoms with E-state index >= 15 is 0 Å². The normalized spacial score (nSPS) is 25.6. The van der Waals surface area contributed by atoms with Crippen molar-refractivity contribution in [3.05, 3.63) is 50.6 Å². The van der Waals surface area contributed by atoms with E-state index in [-0.39, 0.29) is 44.1 Å². The van der Waals surface area contributed by atoms with Crippen molar-refractivity contribution in [2.45, 2.75) is 69.4 Å². The molecule has 0 aliphatic heterocycles. The highest BCUT2D eigenvalue weighted by Gasteiger charge is 2.36. The zero-order valence-electron chi connectivity index (χ0n) is 23.9. The third kappa shape index (κ3) is 13.5. The number of aliphatic imine (C=N–C) groups is 1. The van der Waals surface area contributed by atoms with Gasteiger partial charge in [-0.15, -0.1) is 13.2 Å². The molecule has 0 aromatic heterocycles. The molecule has 0 bridgehead atoms. The molecule has 2 rings (SSSR count). The monoisotopic (exact) mass is 594 g/mol. The summed E-state index contributed by atoms with van der Waals surface area (Å²) in [5.41, 5.74) is 0. The fourth-order valence-corrected chi connectivity index (χ4v) is 4.61. The van der Waals surface area contributed by atoms with Gasteiger partial charge in [-0.3, -0.25) is 4.79 Å². The van der Waals surface area contributed by atoms with Gasteiger partial charge in [0.2, 0.25) is 6.40 Å². The molecule has 0 spiro atoms. The van der Waals surface area contributed by atoms with Crippen molar-refractivity contribution in [2.75, 3.05) is 26.5 Å². The molecule has 6 unspecified atom stereocenters. The fourth-order valence-electron chi connectivity index (χ4n) is 4.61. The number of rotatable bonds is 20. The Hall–Kier alpha value is -3.36. The van der Waals surface area contributed by atoms with E-state index in [9.17, 15) is 14.4 Å². The number of hydrogen-bond acceptors (Lipinski definition) is 12. The lowest BCUT2D eigenvalue weighted by molar-refractivity contribution is -0.372. The Morgan fingerprint density at radius 1 is 0.762 bits per heavy atom. The van der Waals surface area contributed by atoms with Gasteiger partial charge in [0, 0.05) is 12.5 Å². The third-order valence-corrected chi connectivity index (χ3v) is 6.65. The number of hydrogen-bond donors (Lipinski definition) is 1. The molecule has 0 aromatic rings. The van der Waals surface area contributed by atoms with Gasteiger partial charge in [0.1, 0.15) is 44.3 Å². The number of allylic oxidation sites excluding steroid dienone is 1. The smallest absolute Gasteiger partial charge is 0.409 e. The van der Waals surface area contributed by atoms with Gasteiger partial charge in [0.15, 0.2) is 5.78 Å². The molecule has 0 saturated heterocycles. The molecule has 234 valence electrons.